The predicted molar refractivity (Wildman–Crippen MR) is 85.0 cm³/mol. The summed E-state index contributed by atoms with van der Waals surface area (Å²) in [7, 11) is 0. The maximum absolute atomic E-state index is 11.3. The van der Waals surface area contributed by atoms with Gasteiger partial charge in [-0.1, -0.05) is 17.7 Å². The lowest BCUT2D eigenvalue weighted by molar-refractivity contribution is 0.0697. The molecule has 0 aliphatic rings. The van der Waals surface area contributed by atoms with Gasteiger partial charge in [-0.2, -0.15) is 0 Å². The summed E-state index contributed by atoms with van der Waals surface area (Å²) >= 11 is 1.45. The second kappa shape index (κ2) is 5.41. The summed E-state index contributed by atoms with van der Waals surface area (Å²) < 4.78 is 0.814. The topological polar surface area (TPSA) is 74.2 Å². The molecular weight excluding hydrogens is 286 g/mol. The van der Waals surface area contributed by atoms with Gasteiger partial charge in [0.05, 0.1) is 21.6 Å². The number of carboxylic acids is 1. The van der Waals surface area contributed by atoms with Gasteiger partial charge in [0.15, 0.2) is 0 Å². The van der Waals surface area contributed by atoms with E-state index in [9.17, 15) is 9.90 Å². The van der Waals surface area contributed by atoms with Crippen LogP contribution in [0.3, 0.4) is 0 Å². The van der Waals surface area contributed by atoms with Crippen molar-refractivity contribution in [2.75, 3.05) is 10.9 Å². The first-order valence-corrected chi connectivity index (χ1v) is 7.21. The van der Waals surface area contributed by atoms with Crippen LogP contribution in [-0.4, -0.2) is 16.1 Å². The van der Waals surface area contributed by atoms with E-state index in [4.69, 9.17) is 0 Å². The average molecular weight is 299 g/mol. The Kier molecular flexibility index (Phi) is 3.45. The molecule has 0 atom stereocenters. The fraction of sp³-hybridized carbons (Fsp3) is 0.0667. The summed E-state index contributed by atoms with van der Waals surface area (Å²) in [4.78, 5) is 15.5. The number of hydrogen-bond donors (Lipinski definition) is 3. The van der Waals surface area contributed by atoms with Crippen LogP contribution in [0, 0.1) is 6.92 Å². The molecule has 0 amide bonds. The molecule has 2 heterocycles. The smallest absolute Gasteiger partial charge is 0.339 e. The summed E-state index contributed by atoms with van der Waals surface area (Å²) in [5, 5.41) is 11.2. The van der Waals surface area contributed by atoms with E-state index in [1.165, 1.54) is 17.5 Å². The third-order valence-electron chi connectivity index (χ3n) is 3.09. The Morgan fingerprint density at radius 2 is 1.95 bits per heavy atom. The van der Waals surface area contributed by atoms with Crippen molar-refractivity contribution in [3.63, 3.8) is 0 Å². The molecule has 0 radical (unpaired) electrons. The van der Waals surface area contributed by atoms with Crippen LogP contribution in [0.4, 0.5) is 11.4 Å². The lowest BCUT2D eigenvalue weighted by Gasteiger charge is -2.13. The highest BCUT2D eigenvalue weighted by Crippen LogP contribution is 2.30. The van der Waals surface area contributed by atoms with Crippen LogP contribution in [0.2, 0.25) is 0 Å². The van der Waals surface area contributed by atoms with Crippen molar-refractivity contribution < 1.29 is 9.90 Å². The number of pyridine rings is 1. The number of fused-ring (bicyclic) bond motifs is 1. The minimum atomic E-state index is -1.01. The minimum absolute atomic E-state index is 0.143. The van der Waals surface area contributed by atoms with Gasteiger partial charge in [0.25, 0.3) is 0 Å². The number of rotatable bonds is 4. The van der Waals surface area contributed by atoms with Crippen molar-refractivity contribution in [1.82, 2.24) is 4.98 Å². The molecule has 0 aliphatic carbocycles. The molecule has 0 saturated heterocycles. The SMILES string of the molecule is Cc1ccc(NNc2c(C(=O)O)cnc3ccsc23)cc1. The fourth-order valence-corrected chi connectivity index (χ4v) is 2.82. The van der Waals surface area contributed by atoms with E-state index in [2.05, 4.69) is 15.8 Å². The highest BCUT2D eigenvalue weighted by atomic mass is 32.1. The van der Waals surface area contributed by atoms with Crippen LogP contribution < -0.4 is 10.9 Å². The van der Waals surface area contributed by atoms with E-state index in [-0.39, 0.29) is 5.56 Å². The number of aryl methyl sites for hydroxylation is 1. The predicted octanol–water partition coefficient (Wildman–Crippen LogP) is 3.74. The van der Waals surface area contributed by atoms with Gasteiger partial charge in [-0.15, -0.1) is 11.3 Å². The van der Waals surface area contributed by atoms with Gasteiger partial charge in [-0.05, 0) is 30.5 Å². The van der Waals surface area contributed by atoms with Gasteiger partial charge in [-0.25, -0.2) is 4.79 Å². The summed E-state index contributed by atoms with van der Waals surface area (Å²) in [5.74, 6) is -1.01. The molecule has 0 bridgehead atoms. The van der Waals surface area contributed by atoms with E-state index < -0.39 is 5.97 Å². The van der Waals surface area contributed by atoms with Crippen LogP contribution >= 0.6 is 11.3 Å². The second-order valence-electron chi connectivity index (χ2n) is 4.60. The van der Waals surface area contributed by atoms with Crippen molar-refractivity contribution in [3.05, 3.63) is 53.0 Å². The largest absolute Gasteiger partial charge is 0.478 e. The highest BCUT2D eigenvalue weighted by molar-refractivity contribution is 7.17. The molecule has 0 spiro atoms. The molecule has 6 heteroatoms. The van der Waals surface area contributed by atoms with Crippen molar-refractivity contribution >= 4 is 38.9 Å². The molecule has 0 aliphatic heterocycles. The summed E-state index contributed by atoms with van der Waals surface area (Å²) in [6.45, 7) is 2.01. The zero-order valence-corrected chi connectivity index (χ0v) is 12.1. The van der Waals surface area contributed by atoms with Gasteiger partial charge in [-0.3, -0.25) is 10.4 Å². The van der Waals surface area contributed by atoms with Crippen LogP contribution in [0.25, 0.3) is 10.2 Å². The molecule has 3 aromatic rings. The van der Waals surface area contributed by atoms with E-state index in [1.54, 1.807) is 0 Å². The standard InChI is InChI=1S/C15H13N3O2S/c1-9-2-4-10(5-3-9)17-18-13-11(15(19)20)8-16-12-6-7-21-14(12)13/h2-8,17H,1H3,(H,16,18)(H,19,20). The first-order valence-electron chi connectivity index (χ1n) is 6.33. The zero-order chi connectivity index (χ0) is 14.8. The Morgan fingerprint density at radius 1 is 1.19 bits per heavy atom. The van der Waals surface area contributed by atoms with Gasteiger partial charge in [0.1, 0.15) is 5.56 Å². The lowest BCUT2D eigenvalue weighted by Crippen LogP contribution is -2.13. The molecular formula is C15H13N3O2S. The normalized spacial score (nSPS) is 10.5. The lowest BCUT2D eigenvalue weighted by atomic mass is 10.2. The Bertz CT molecular complexity index is 796. The monoisotopic (exact) mass is 299 g/mol. The summed E-state index contributed by atoms with van der Waals surface area (Å²) in [6.07, 6.45) is 1.37. The zero-order valence-electron chi connectivity index (χ0n) is 11.3. The number of carboxylic acid groups (broad SMARTS) is 1. The molecule has 0 saturated carbocycles. The van der Waals surface area contributed by atoms with Crippen molar-refractivity contribution in [3.8, 4) is 0 Å². The van der Waals surface area contributed by atoms with E-state index >= 15 is 0 Å². The number of aromatic nitrogens is 1. The first kappa shape index (κ1) is 13.4. The molecule has 21 heavy (non-hydrogen) atoms. The number of nitrogens with zero attached hydrogens (tertiary/aromatic N) is 1. The average Bonchev–Trinajstić information content (AvgIpc) is 2.94. The van der Waals surface area contributed by atoms with Crippen LogP contribution in [0.5, 0.6) is 0 Å². The number of thiophene rings is 1. The second-order valence-corrected chi connectivity index (χ2v) is 5.52. The van der Waals surface area contributed by atoms with Gasteiger partial charge >= 0.3 is 5.97 Å². The van der Waals surface area contributed by atoms with E-state index in [1.807, 2.05) is 42.6 Å². The first-order chi connectivity index (χ1) is 10.1. The van der Waals surface area contributed by atoms with E-state index in [0.717, 1.165) is 21.5 Å². The van der Waals surface area contributed by atoms with Crippen molar-refractivity contribution in [2.45, 2.75) is 6.92 Å². The molecule has 0 unspecified atom stereocenters. The Hall–Kier alpha value is -2.60. The maximum atomic E-state index is 11.3. The number of benzene rings is 1. The Morgan fingerprint density at radius 3 is 2.67 bits per heavy atom. The quantitative estimate of drug-likeness (QED) is 0.640. The van der Waals surface area contributed by atoms with Crippen LogP contribution in [0.1, 0.15) is 15.9 Å². The number of nitrogens with one attached hydrogen (secondary N) is 2. The number of hydrazine groups is 1. The van der Waals surface area contributed by atoms with Crippen molar-refractivity contribution in [1.29, 1.82) is 0 Å². The molecule has 0 fully saturated rings. The van der Waals surface area contributed by atoms with Crippen molar-refractivity contribution in [2.24, 2.45) is 0 Å². The third-order valence-corrected chi connectivity index (χ3v) is 4.01. The Labute approximate surface area is 125 Å². The van der Waals surface area contributed by atoms with Gasteiger partial charge in [0, 0.05) is 6.20 Å². The number of anilines is 2. The summed E-state index contributed by atoms with van der Waals surface area (Å²) in [5.41, 5.74) is 9.50. The molecule has 106 valence electrons. The molecule has 3 N–H and O–H groups in total. The number of carbonyl (C=O) groups is 1. The number of hydrogen-bond acceptors (Lipinski definition) is 5. The summed E-state index contributed by atoms with van der Waals surface area (Å²) in [6, 6.07) is 9.68. The van der Waals surface area contributed by atoms with Crippen LogP contribution in [-0.2, 0) is 0 Å². The highest BCUT2D eigenvalue weighted by Gasteiger charge is 2.15. The Balaban J connectivity index is 1.94. The minimum Gasteiger partial charge on any atom is -0.478 e. The fourth-order valence-electron chi connectivity index (χ4n) is 1.97. The molecule has 5 nitrogen and oxygen atoms in total. The molecule has 2 aromatic heterocycles. The van der Waals surface area contributed by atoms with E-state index in [0.29, 0.717) is 5.69 Å². The van der Waals surface area contributed by atoms with Gasteiger partial charge < -0.3 is 10.5 Å². The molecule has 3 rings (SSSR count). The van der Waals surface area contributed by atoms with Gasteiger partial charge in [0.2, 0.25) is 0 Å². The molecule has 1 aromatic carbocycles. The number of aromatic carboxylic acids is 1. The maximum Gasteiger partial charge on any atom is 0.339 e. The third kappa shape index (κ3) is 2.66. The van der Waals surface area contributed by atoms with Crippen LogP contribution in [0.15, 0.2) is 41.9 Å².